The zero-order valence-electron chi connectivity index (χ0n) is 19.7. The highest BCUT2D eigenvalue weighted by Gasteiger charge is 2.13. The van der Waals surface area contributed by atoms with Gasteiger partial charge in [0.1, 0.15) is 0 Å². The minimum absolute atomic E-state index is 0.00368. The number of aromatic nitrogens is 4. The van der Waals surface area contributed by atoms with Crippen molar-refractivity contribution in [2.24, 2.45) is 4.99 Å². The molecule has 0 unspecified atom stereocenters. The summed E-state index contributed by atoms with van der Waals surface area (Å²) in [6, 6.07) is 12.8. The fourth-order valence-corrected chi connectivity index (χ4v) is 3.56. The Kier molecular flexibility index (Phi) is 7.35. The van der Waals surface area contributed by atoms with Crippen LogP contribution in [-0.2, 0) is 6.54 Å². The van der Waals surface area contributed by atoms with E-state index in [4.69, 9.17) is 21.4 Å². The smallest absolute Gasteiger partial charge is 0.337 e. The summed E-state index contributed by atoms with van der Waals surface area (Å²) in [5.41, 5.74) is -0.489. The average Bonchev–Trinajstić information content (AvgIpc) is 2.84. The third-order valence-electron chi connectivity index (χ3n) is 5.25. The molecule has 0 saturated carbocycles. The van der Waals surface area contributed by atoms with E-state index in [-0.39, 0.29) is 35.0 Å². The van der Waals surface area contributed by atoms with Gasteiger partial charge in [0, 0.05) is 29.4 Å². The minimum atomic E-state index is -1.15. The van der Waals surface area contributed by atoms with Gasteiger partial charge in [0.15, 0.2) is 11.6 Å². The number of nitrogens with one attached hydrogen (secondary N) is 1. The van der Waals surface area contributed by atoms with Crippen molar-refractivity contribution < 1.29 is 19.0 Å². The summed E-state index contributed by atoms with van der Waals surface area (Å²) in [6.45, 7) is 3.50. The van der Waals surface area contributed by atoms with Gasteiger partial charge in [0.2, 0.25) is 11.5 Å². The van der Waals surface area contributed by atoms with E-state index >= 15 is 0 Å². The number of carbonyl (C=O) groups is 1. The molecule has 0 aliphatic heterocycles. The van der Waals surface area contributed by atoms with E-state index in [0.717, 1.165) is 22.4 Å². The van der Waals surface area contributed by atoms with Crippen LogP contribution >= 0.6 is 11.6 Å². The number of benzene rings is 2. The molecule has 0 bridgehead atoms. The topological polar surface area (TPSA) is 132 Å². The van der Waals surface area contributed by atoms with Crippen molar-refractivity contribution in [3.05, 3.63) is 109 Å². The molecule has 4 rings (SSSR count). The number of pyridine rings is 1. The number of aromatic carboxylic acids is 1. The van der Waals surface area contributed by atoms with Crippen LogP contribution in [0.25, 0.3) is 0 Å². The second-order valence-corrected chi connectivity index (χ2v) is 8.67. The highest BCUT2D eigenvalue weighted by atomic mass is 35.5. The zero-order chi connectivity index (χ0) is 26.7. The number of nitrogens with zero attached hydrogens (tertiary/aromatic N) is 4. The Labute approximate surface area is 213 Å². The predicted octanol–water partition coefficient (Wildman–Crippen LogP) is 3.88. The van der Waals surface area contributed by atoms with Crippen LogP contribution in [0.1, 0.15) is 35.8 Å². The van der Waals surface area contributed by atoms with Gasteiger partial charge in [-0.05, 0) is 49.7 Å². The first kappa shape index (κ1) is 25.6. The van der Waals surface area contributed by atoms with Gasteiger partial charge in [-0.1, -0.05) is 23.7 Å². The van der Waals surface area contributed by atoms with E-state index in [9.17, 15) is 18.8 Å². The zero-order valence-corrected chi connectivity index (χ0v) is 20.4. The molecule has 0 saturated heterocycles. The van der Waals surface area contributed by atoms with Crippen molar-refractivity contribution in [2.45, 2.75) is 26.4 Å². The van der Waals surface area contributed by atoms with Gasteiger partial charge in [-0.2, -0.15) is 0 Å². The van der Waals surface area contributed by atoms with Crippen molar-refractivity contribution in [1.82, 2.24) is 19.1 Å². The standard InChI is InChI=1S/C25H21ClFN5O5/c1-14(2)32-24(35)30-23(31(25(32)36)13-15-3-6-17(26)7-4-15)29-18-8-9-20(19(27)11-18)37-21-10-5-16(12-28-21)22(33)34/h3-12,14H,13H2,1-2H3,(H,33,34)(H,29,30,35). The summed E-state index contributed by atoms with van der Waals surface area (Å²) in [7, 11) is 0. The summed E-state index contributed by atoms with van der Waals surface area (Å²) < 4.78 is 22.5. The molecular weight excluding hydrogens is 505 g/mol. The number of H-pyrrole nitrogens is 1. The normalized spacial score (nSPS) is 11.6. The highest BCUT2D eigenvalue weighted by Crippen LogP contribution is 2.26. The molecule has 37 heavy (non-hydrogen) atoms. The quantitative estimate of drug-likeness (QED) is 0.376. The van der Waals surface area contributed by atoms with E-state index < -0.39 is 29.2 Å². The number of hydrogen-bond acceptors (Lipinski definition) is 6. The molecule has 0 spiro atoms. The van der Waals surface area contributed by atoms with Crippen LogP contribution in [-0.4, -0.2) is 30.2 Å². The molecule has 0 fully saturated rings. The first-order valence-corrected chi connectivity index (χ1v) is 11.4. The summed E-state index contributed by atoms with van der Waals surface area (Å²) >= 11 is 5.96. The second kappa shape index (κ2) is 10.6. The Morgan fingerprint density at radius 3 is 2.49 bits per heavy atom. The summed E-state index contributed by atoms with van der Waals surface area (Å²) in [4.78, 5) is 47.5. The highest BCUT2D eigenvalue weighted by molar-refractivity contribution is 6.30. The van der Waals surface area contributed by atoms with E-state index in [1.807, 2.05) is 0 Å². The van der Waals surface area contributed by atoms with Crippen molar-refractivity contribution in [2.75, 3.05) is 0 Å². The molecular formula is C25H21ClFN5O5. The number of carboxylic acids is 1. The van der Waals surface area contributed by atoms with E-state index in [0.29, 0.717) is 5.02 Å². The van der Waals surface area contributed by atoms with E-state index in [1.165, 1.54) is 28.8 Å². The SMILES string of the molecule is CC(C)n1c(=O)[nH]/c(=N\c2ccc(Oc3ccc(C(=O)O)cn3)c(F)c2)n(Cc2ccc(Cl)cc2)c1=O. The van der Waals surface area contributed by atoms with Gasteiger partial charge in [-0.15, -0.1) is 0 Å². The molecule has 0 radical (unpaired) electrons. The summed E-state index contributed by atoms with van der Waals surface area (Å²) in [6.07, 6.45) is 1.09. The van der Waals surface area contributed by atoms with E-state index in [1.54, 1.807) is 38.1 Å². The fraction of sp³-hybridized carbons (Fsp3) is 0.160. The summed E-state index contributed by atoms with van der Waals surface area (Å²) in [5.74, 6) is -2.11. The first-order chi connectivity index (χ1) is 17.6. The largest absolute Gasteiger partial charge is 0.478 e. The number of ether oxygens (including phenoxy) is 1. The van der Waals surface area contributed by atoms with E-state index in [2.05, 4.69) is 15.0 Å². The predicted molar refractivity (Wildman–Crippen MR) is 133 cm³/mol. The third-order valence-corrected chi connectivity index (χ3v) is 5.50. The molecule has 0 amide bonds. The van der Waals surface area contributed by atoms with Gasteiger partial charge in [0.05, 0.1) is 17.8 Å². The van der Waals surface area contributed by atoms with Crippen LogP contribution in [0.5, 0.6) is 11.6 Å². The Balaban J connectivity index is 1.73. The molecule has 2 aromatic carbocycles. The van der Waals surface area contributed by atoms with Gasteiger partial charge in [0.25, 0.3) is 0 Å². The monoisotopic (exact) mass is 525 g/mol. The van der Waals surface area contributed by atoms with Crippen molar-refractivity contribution in [1.29, 1.82) is 0 Å². The van der Waals surface area contributed by atoms with Gasteiger partial charge < -0.3 is 9.84 Å². The first-order valence-electron chi connectivity index (χ1n) is 11.0. The molecule has 2 heterocycles. The van der Waals surface area contributed by atoms with Gasteiger partial charge in [-0.3, -0.25) is 9.55 Å². The van der Waals surface area contributed by atoms with Crippen LogP contribution in [0.15, 0.2) is 75.4 Å². The molecule has 2 N–H and O–H groups in total. The number of rotatable bonds is 7. The third kappa shape index (κ3) is 5.84. The molecule has 4 aromatic rings. The Hall–Kier alpha value is -4.51. The van der Waals surface area contributed by atoms with Gasteiger partial charge >= 0.3 is 17.3 Å². The van der Waals surface area contributed by atoms with Crippen LogP contribution < -0.4 is 21.7 Å². The number of carboxylic acid groups (broad SMARTS) is 1. The average molecular weight is 526 g/mol. The van der Waals surface area contributed by atoms with Crippen LogP contribution in [0.2, 0.25) is 5.02 Å². The van der Waals surface area contributed by atoms with Crippen LogP contribution in [0.4, 0.5) is 10.1 Å². The Bertz CT molecular complexity index is 1640. The maximum atomic E-state index is 14.8. The molecule has 0 aliphatic rings. The Morgan fingerprint density at radius 2 is 1.89 bits per heavy atom. The lowest BCUT2D eigenvalue weighted by molar-refractivity contribution is 0.0696. The van der Waals surface area contributed by atoms with Crippen LogP contribution in [0, 0.1) is 5.82 Å². The molecule has 2 aromatic heterocycles. The molecule has 10 nitrogen and oxygen atoms in total. The molecule has 190 valence electrons. The van der Waals surface area contributed by atoms with Crippen molar-refractivity contribution in [3.8, 4) is 11.6 Å². The maximum Gasteiger partial charge on any atom is 0.337 e. The molecule has 0 aliphatic carbocycles. The number of halogens is 2. The Morgan fingerprint density at radius 1 is 1.16 bits per heavy atom. The molecule has 0 atom stereocenters. The number of aromatic amines is 1. The second-order valence-electron chi connectivity index (χ2n) is 8.23. The number of hydrogen-bond donors (Lipinski definition) is 2. The summed E-state index contributed by atoms with van der Waals surface area (Å²) in [5, 5.41) is 9.48. The minimum Gasteiger partial charge on any atom is -0.478 e. The maximum absolute atomic E-state index is 14.8. The lowest BCUT2D eigenvalue weighted by Crippen LogP contribution is -2.50. The van der Waals surface area contributed by atoms with Crippen LogP contribution in [0.3, 0.4) is 0 Å². The fourth-order valence-electron chi connectivity index (χ4n) is 3.43. The van der Waals surface area contributed by atoms with Crippen molar-refractivity contribution >= 4 is 23.3 Å². The molecule has 12 heteroatoms. The van der Waals surface area contributed by atoms with Crippen molar-refractivity contribution in [3.63, 3.8) is 0 Å². The lowest BCUT2D eigenvalue weighted by atomic mass is 10.2. The van der Waals surface area contributed by atoms with Gasteiger partial charge in [-0.25, -0.2) is 33.3 Å². The lowest BCUT2D eigenvalue weighted by Gasteiger charge is -2.13.